The van der Waals surface area contributed by atoms with E-state index in [1.807, 2.05) is 18.0 Å². The first-order valence-corrected chi connectivity index (χ1v) is 8.39. The highest BCUT2D eigenvalue weighted by Crippen LogP contribution is 2.26. The number of nitrogens with zero attached hydrogens (tertiary/aromatic N) is 3. The summed E-state index contributed by atoms with van der Waals surface area (Å²) in [5.41, 5.74) is 7.10. The van der Waals surface area contributed by atoms with Crippen molar-refractivity contribution < 1.29 is 4.52 Å². The van der Waals surface area contributed by atoms with Crippen LogP contribution >= 0.6 is 24.0 Å². The van der Waals surface area contributed by atoms with Gasteiger partial charge in [0.2, 0.25) is 0 Å². The fourth-order valence-electron chi connectivity index (χ4n) is 3.12. The SMILES string of the molecule is CN=C(NCc1cc(C)cc2c(C)c(C)[nH]c12)N(C)Cc1ccon1.I. The molecule has 0 aliphatic carbocycles. The van der Waals surface area contributed by atoms with Gasteiger partial charge in [0.15, 0.2) is 5.96 Å². The fourth-order valence-corrected chi connectivity index (χ4v) is 3.12. The third kappa shape index (κ3) is 4.20. The van der Waals surface area contributed by atoms with Crippen LogP contribution < -0.4 is 5.32 Å². The summed E-state index contributed by atoms with van der Waals surface area (Å²) >= 11 is 0. The standard InChI is InChI=1S/C19H25N5O.HI/c1-12-8-15(18-17(9-12)13(2)14(3)22-18)10-21-19(20-4)24(5)11-16-6-7-25-23-16;/h6-9,22H,10-11H2,1-5H3,(H,20,21);1H. The number of nitrogens with one attached hydrogen (secondary N) is 2. The van der Waals surface area contributed by atoms with Crippen LogP contribution in [-0.2, 0) is 13.1 Å². The minimum Gasteiger partial charge on any atom is -0.364 e. The summed E-state index contributed by atoms with van der Waals surface area (Å²) in [5.74, 6) is 0.817. The van der Waals surface area contributed by atoms with E-state index < -0.39 is 0 Å². The number of guanidine groups is 1. The number of aromatic amines is 1. The number of fused-ring (bicyclic) bond motifs is 1. The van der Waals surface area contributed by atoms with Gasteiger partial charge in [-0.15, -0.1) is 24.0 Å². The summed E-state index contributed by atoms with van der Waals surface area (Å²) in [6, 6.07) is 6.32. The van der Waals surface area contributed by atoms with Crippen LogP contribution in [0.4, 0.5) is 0 Å². The molecule has 0 unspecified atom stereocenters. The summed E-state index contributed by atoms with van der Waals surface area (Å²) in [7, 11) is 3.77. The van der Waals surface area contributed by atoms with E-state index in [4.69, 9.17) is 4.52 Å². The average molecular weight is 467 g/mol. The Labute approximate surface area is 171 Å². The van der Waals surface area contributed by atoms with Gasteiger partial charge in [-0.1, -0.05) is 16.8 Å². The molecular formula is C19H26IN5O. The minimum atomic E-state index is 0. The molecule has 6 nitrogen and oxygen atoms in total. The van der Waals surface area contributed by atoms with Crippen LogP contribution in [0.3, 0.4) is 0 Å². The lowest BCUT2D eigenvalue weighted by Gasteiger charge is -2.21. The number of hydrogen-bond acceptors (Lipinski definition) is 3. The molecule has 1 aromatic carbocycles. The highest BCUT2D eigenvalue weighted by atomic mass is 127. The number of H-pyrrole nitrogens is 1. The zero-order valence-electron chi connectivity index (χ0n) is 15.9. The maximum absolute atomic E-state index is 4.89. The van der Waals surface area contributed by atoms with Gasteiger partial charge in [-0.3, -0.25) is 4.99 Å². The van der Waals surface area contributed by atoms with Gasteiger partial charge >= 0.3 is 0 Å². The van der Waals surface area contributed by atoms with Gasteiger partial charge in [0.05, 0.1) is 12.1 Å². The zero-order chi connectivity index (χ0) is 18.0. The Morgan fingerprint density at radius 1 is 1.31 bits per heavy atom. The van der Waals surface area contributed by atoms with Gasteiger partial charge in [-0.25, -0.2) is 0 Å². The minimum absolute atomic E-state index is 0. The molecule has 140 valence electrons. The normalized spacial score (nSPS) is 11.5. The van der Waals surface area contributed by atoms with E-state index in [1.165, 1.54) is 33.3 Å². The van der Waals surface area contributed by atoms with Gasteiger partial charge in [0, 0.05) is 37.8 Å². The molecule has 0 aliphatic rings. The second-order valence-corrected chi connectivity index (χ2v) is 6.47. The lowest BCUT2D eigenvalue weighted by atomic mass is 10.0. The van der Waals surface area contributed by atoms with Crippen LogP contribution in [0.15, 0.2) is 34.0 Å². The van der Waals surface area contributed by atoms with Gasteiger partial charge in [0.25, 0.3) is 0 Å². The summed E-state index contributed by atoms with van der Waals surface area (Å²) in [6.07, 6.45) is 1.58. The molecule has 0 amide bonds. The van der Waals surface area contributed by atoms with E-state index in [9.17, 15) is 0 Å². The lowest BCUT2D eigenvalue weighted by Crippen LogP contribution is -2.38. The van der Waals surface area contributed by atoms with Crippen LogP contribution in [0.5, 0.6) is 0 Å². The molecule has 0 saturated carbocycles. The molecule has 2 aromatic heterocycles. The number of benzene rings is 1. The Morgan fingerprint density at radius 2 is 2.08 bits per heavy atom. The molecule has 3 rings (SSSR count). The quantitative estimate of drug-likeness (QED) is 0.347. The van der Waals surface area contributed by atoms with Gasteiger partial charge in [-0.05, 0) is 38.0 Å². The Kier molecular flexibility index (Phi) is 6.69. The maximum atomic E-state index is 4.89. The van der Waals surface area contributed by atoms with E-state index >= 15 is 0 Å². The Balaban J connectivity index is 0.00000243. The zero-order valence-corrected chi connectivity index (χ0v) is 18.2. The predicted molar refractivity (Wildman–Crippen MR) is 116 cm³/mol. The van der Waals surface area contributed by atoms with E-state index in [2.05, 4.69) is 53.4 Å². The van der Waals surface area contributed by atoms with Crippen LogP contribution in [0, 0.1) is 20.8 Å². The Hall–Kier alpha value is -2.03. The van der Waals surface area contributed by atoms with Gasteiger partial charge in [-0.2, -0.15) is 0 Å². The second-order valence-electron chi connectivity index (χ2n) is 6.47. The van der Waals surface area contributed by atoms with Crippen molar-refractivity contribution in [3.05, 3.63) is 52.5 Å². The first-order valence-electron chi connectivity index (χ1n) is 8.39. The van der Waals surface area contributed by atoms with Gasteiger partial charge < -0.3 is 19.7 Å². The van der Waals surface area contributed by atoms with Crippen LogP contribution in [0.25, 0.3) is 10.9 Å². The molecule has 2 N–H and O–H groups in total. The third-order valence-corrected chi connectivity index (χ3v) is 4.54. The number of hydrogen-bond donors (Lipinski definition) is 2. The van der Waals surface area contributed by atoms with Crippen molar-refractivity contribution in [1.82, 2.24) is 20.4 Å². The molecule has 26 heavy (non-hydrogen) atoms. The fraction of sp³-hybridized carbons (Fsp3) is 0.368. The number of halogens is 1. The summed E-state index contributed by atoms with van der Waals surface area (Å²) in [4.78, 5) is 9.91. The highest BCUT2D eigenvalue weighted by molar-refractivity contribution is 14.0. The summed E-state index contributed by atoms with van der Waals surface area (Å²) in [5, 5.41) is 8.69. The van der Waals surface area contributed by atoms with Crippen LogP contribution in [0.1, 0.15) is 28.1 Å². The Morgan fingerprint density at radius 3 is 2.73 bits per heavy atom. The number of aliphatic imine (C=N–C) groups is 1. The third-order valence-electron chi connectivity index (χ3n) is 4.54. The number of rotatable bonds is 4. The molecule has 0 spiro atoms. The van der Waals surface area contributed by atoms with E-state index in [1.54, 1.807) is 13.3 Å². The first-order chi connectivity index (χ1) is 12.0. The lowest BCUT2D eigenvalue weighted by molar-refractivity contribution is 0.391. The molecule has 2 heterocycles. The van der Waals surface area contributed by atoms with Gasteiger partial charge in [0.1, 0.15) is 12.0 Å². The predicted octanol–water partition coefficient (Wildman–Crippen LogP) is 3.91. The van der Waals surface area contributed by atoms with Crippen molar-refractivity contribution in [2.75, 3.05) is 14.1 Å². The first kappa shape index (κ1) is 20.3. The largest absolute Gasteiger partial charge is 0.364 e. The van der Waals surface area contributed by atoms with Crippen molar-refractivity contribution in [3.63, 3.8) is 0 Å². The molecule has 0 atom stereocenters. The Bertz CT molecular complexity index is 898. The molecule has 0 fully saturated rings. The van der Waals surface area contributed by atoms with Crippen LogP contribution in [-0.4, -0.2) is 35.1 Å². The monoisotopic (exact) mass is 467 g/mol. The van der Waals surface area contributed by atoms with Crippen LogP contribution in [0.2, 0.25) is 0 Å². The van der Waals surface area contributed by atoms with Crippen molar-refractivity contribution in [2.24, 2.45) is 4.99 Å². The number of aryl methyl sites for hydroxylation is 3. The van der Waals surface area contributed by atoms with Crippen molar-refractivity contribution in [1.29, 1.82) is 0 Å². The molecule has 3 aromatic rings. The number of aromatic nitrogens is 2. The molecule has 0 aliphatic heterocycles. The molecule has 0 saturated heterocycles. The molecule has 7 heteroatoms. The van der Waals surface area contributed by atoms with Crippen molar-refractivity contribution in [3.8, 4) is 0 Å². The van der Waals surface area contributed by atoms with E-state index in [-0.39, 0.29) is 24.0 Å². The maximum Gasteiger partial charge on any atom is 0.194 e. The van der Waals surface area contributed by atoms with E-state index in [0.717, 1.165) is 11.7 Å². The smallest absolute Gasteiger partial charge is 0.194 e. The summed E-state index contributed by atoms with van der Waals surface area (Å²) < 4.78 is 4.89. The summed E-state index contributed by atoms with van der Waals surface area (Å²) in [6.45, 7) is 7.76. The molecule has 0 bridgehead atoms. The van der Waals surface area contributed by atoms with Crippen molar-refractivity contribution in [2.45, 2.75) is 33.9 Å². The van der Waals surface area contributed by atoms with Crippen molar-refractivity contribution >= 4 is 40.8 Å². The molecular weight excluding hydrogens is 441 g/mol. The average Bonchev–Trinajstić information content (AvgIpc) is 3.18. The second kappa shape index (κ2) is 8.57. The van der Waals surface area contributed by atoms with E-state index in [0.29, 0.717) is 13.1 Å². The topological polar surface area (TPSA) is 69.5 Å². The molecule has 0 radical (unpaired) electrons. The highest BCUT2D eigenvalue weighted by Gasteiger charge is 2.12.